The molecule has 1 aromatic carbocycles. The van der Waals surface area contributed by atoms with Gasteiger partial charge in [-0.2, -0.15) is 0 Å². The van der Waals surface area contributed by atoms with Crippen LogP contribution in [0.25, 0.3) is 0 Å². The molecule has 0 radical (unpaired) electrons. The van der Waals surface area contributed by atoms with Crippen molar-refractivity contribution in [2.45, 2.75) is 51.4 Å². The Hall–Kier alpha value is -1.03. The second kappa shape index (κ2) is 5.76. The molecule has 1 saturated carbocycles. The summed E-state index contributed by atoms with van der Waals surface area (Å²) in [5.41, 5.74) is 2.13. The summed E-state index contributed by atoms with van der Waals surface area (Å²) in [6, 6.07) is 2.04. The summed E-state index contributed by atoms with van der Waals surface area (Å²) in [5.74, 6) is -0.0406. The average molecular weight is 341 g/mol. The molecule has 0 atom stereocenters. The lowest BCUT2D eigenvalue weighted by molar-refractivity contribution is -0.145. The molecule has 3 nitrogen and oxygen atoms in total. The van der Waals surface area contributed by atoms with Crippen LogP contribution in [0.1, 0.15) is 48.8 Å². The van der Waals surface area contributed by atoms with Crippen molar-refractivity contribution >= 4 is 21.9 Å². The maximum atomic E-state index is 12.0. The number of benzene rings is 1. The van der Waals surface area contributed by atoms with Gasteiger partial charge in [0.25, 0.3) is 0 Å². The predicted octanol–water partition coefficient (Wildman–Crippen LogP) is 4.36. The number of aryl methyl sites for hydroxylation is 2. The second-order valence-electron chi connectivity index (χ2n) is 5.68. The molecule has 110 valence electrons. The van der Waals surface area contributed by atoms with Crippen LogP contribution in [-0.2, 0) is 10.2 Å². The smallest absolute Gasteiger partial charge is 0.314 e. The molecule has 0 aliphatic heterocycles. The maximum absolute atomic E-state index is 12.0. The van der Waals surface area contributed by atoms with Crippen molar-refractivity contribution in [3.63, 3.8) is 0 Å². The van der Waals surface area contributed by atoms with E-state index in [1.165, 1.54) is 0 Å². The molecule has 2 rings (SSSR count). The fourth-order valence-electron chi connectivity index (χ4n) is 3.44. The monoisotopic (exact) mass is 340 g/mol. The Morgan fingerprint density at radius 1 is 1.25 bits per heavy atom. The summed E-state index contributed by atoms with van der Waals surface area (Å²) in [5, 5.41) is 9.88. The summed E-state index contributed by atoms with van der Waals surface area (Å²) in [6.45, 7) is 3.98. The van der Waals surface area contributed by atoms with E-state index in [1.807, 2.05) is 19.9 Å². The lowest BCUT2D eigenvalue weighted by atomic mass is 9.67. The van der Waals surface area contributed by atoms with Crippen molar-refractivity contribution < 1.29 is 14.6 Å². The topological polar surface area (TPSA) is 46.5 Å². The normalized spacial score (nSPS) is 17.8. The van der Waals surface area contributed by atoms with Crippen LogP contribution in [0, 0.1) is 13.8 Å². The Morgan fingerprint density at radius 2 is 1.85 bits per heavy atom. The average Bonchev–Trinajstić information content (AvgIpc) is 2.43. The van der Waals surface area contributed by atoms with Crippen LogP contribution in [0.2, 0.25) is 0 Å². The highest BCUT2D eigenvalue weighted by Gasteiger charge is 2.44. The fraction of sp³-hybridized carbons (Fsp3) is 0.562. The maximum Gasteiger partial charge on any atom is 0.314 e. The number of carboxylic acids is 1. The van der Waals surface area contributed by atoms with Crippen LogP contribution in [-0.4, -0.2) is 18.2 Å². The van der Waals surface area contributed by atoms with Gasteiger partial charge in [-0.05, 0) is 53.7 Å². The zero-order valence-corrected chi connectivity index (χ0v) is 13.8. The molecule has 1 fully saturated rings. The summed E-state index contributed by atoms with van der Waals surface area (Å²) in [6.07, 6.45) is 4.41. The van der Waals surface area contributed by atoms with E-state index in [-0.39, 0.29) is 0 Å². The van der Waals surface area contributed by atoms with Gasteiger partial charge in [0, 0.05) is 5.56 Å². The Kier molecular flexibility index (Phi) is 4.43. The largest absolute Gasteiger partial charge is 0.495 e. The SMILES string of the molecule is COc1c(Br)c(C)cc(C)c1C1(C(=O)O)CCCCC1. The zero-order chi connectivity index (χ0) is 14.9. The third-order valence-electron chi connectivity index (χ3n) is 4.40. The van der Waals surface area contributed by atoms with Gasteiger partial charge in [-0.3, -0.25) is 4.79 Å². The lowest BCUT2D eigenvalue weighted by Crippen LogP contribution is -2.39. The highest BCUT2D eigenvalue weighted by molar-refractivity contribution is 9.10. The molecular weight excluding hydrogens is 320 g/mol. The van der Waals surface area contributed by atoms with Crippen molar-refractivity contribution in [2.75, 3.05) is 7.11 Å². The molecule has 0 unspecified atom stereocenters. The van der Waals surface area contributed by atoms with Crippen molar-refractivity contribution in [1.82, 2.24) is 0 Å². The standard InChI is InChI=1S/C16H21BrO3/c1-10-9-11(2)13(17)14(20-3)12(10)16(15(18)19)7-5-4-6-8-16/h9H,4-8H2,1-3H3,(H,18,19). The Bertz CT molecular complexity index is 531. The van der Waals surface area contributed by atoms with Gasteiger partial charge in [0.15, 0.2) is 0 Å². The van der Waals surface area contributed by atoms with Gasteiger partial charge in [-0.15, -0.1) is 0 Å². The number of methoxy groups -OCH3 is 1. The lowest BCUT2D eigenvalue weighted by Gasteiger charge is -2.36. The molecule has 20 heavy (non-hydrogen) atoms. The third kappa shape index (κ3) is 2.34. The van der Waals surface area contributed by atoms with Gasteiger partial charge in [-0.25, -0.2) is 0 Å². The van der Waals surface area contributed by atoms with E-state index in [0.717, 1.165) is 40.4 Å². The zero-order valence-electron chi connectivity index (χ0n) is 12.3. The molecule has 0 amide bonds. The van der Waals surface area contributed by atoms with E-state index in [2.05, 4.69) is 15.9 Å². The van der Waals surface area contributed by atoms with E-state index < -0.39 is 11.4 Å². The van der Waals surface area contributed by atoms with Crippen LogP contribution >= 0.6 is 15.9 Å². The Morgan fingerprint density at radius 3 is 2.35 bits per heavy atom. The minimum absolute atomic E-state index is 0.687. The Balaban J connectivity index is 2.71. The van der Waals surface area contributed by atoms with Gasteiger partial charge >= 0.3 is 5.97 Å². The van der Waals surface area contributed by atoms with Gasteiger partial charge < -0.3 is 9.84 Å². The minimum atomic E-state index is -0.802. The van der Waals surface area contributed by atoms with Gasteiger partial charge in [-0.1, -0.05) is 25.3 Å². The number of ether oxygens (including phenoxy) is 1. The molecule has 0 aromatic heterocycles. The molecule has 0 saturated heterocycles. The Labute approximate surface area is 128 Å². The van der Waals surface area contributed by atoms with Gasteiger partial charge in [0.1, 0.15) is 5.75 Å². The first kappa shape index (κ1) is 15.4. The number of halogens is 1. The molecule has 1 aliphatic carbocycles. The van der Waals surface area contributed by atoms with Crippen LogP contribution < -0.4 is 4.74 Å². The molecule has 4 heteroatoms. The predicted molar refractivity (Wildman–Crippen MR) is 82.6 cm³/mol. The first-order valence-electron chi connectivity index (χ1n) is 7.01. The number of hydrogen-bond acceptors (Lipinski definition) is 2. The summed E-state index contributed by atoms with van der Waals surface area (Å²) in [7, 11) is 1.61. The molecule has 0 spiro atoms. The van der Waals surface area contributed by atoms with Crippen molar-refractivity contribution in [2.24, 2.45) is 0 Å². The van der Waals surface area contributed by atoms with Crippen LogP contribution in [0.4, 0.5) is 0 Å². The van der Waals surface area contributed by atoms with E-state index in [4.69, 9.17) is 4.74 Å². The first-order valence-corrected chi connectivity index (χ1v) is 7.81. The van der Waals surface area contributed by atoms with Crippen LogP contribution in [0.15, 0.2) is 10.5 Å². The van der Waals surface area contributed by atoms with Crippen LogP contribution in [0.3, 0.4) is 0 Å². The molecular formula is C16H21BrO3. The number of carboxylic acid groups (broad SMARTS) is 1. The number of rotatable bonds is 3. The summed E-state index contributed by atoms with van der Waals surface area (Å²) < 4.78 is 6.42. The van der Waals surface area contributed by atoms with Gasteiger partial charge in [0.2, 0.25) is 0 Å². The highest BCUT2D eigenvalue weighted by Crippen LogP contribution is 2.48. The van der Waals surface area contributed by atoms with Crippen molar-refractivity contribution in [3.05, 3.63) is 27.2 Å². The number of aliphatic carboxylic acids is 1. The van der Waals surface area contributed by atoms with Crippen LogP contribution in [0.5, 0.6) is 5.75 Å². The fourth-order valence-corrected chi connectivity index (χ4v) is 3.92. The van der Waals surface area contributed by atoms with E-state index in [1.54, 1.807) is 7.11 Å². The minimum Gasteiger partial charge on any atom is -0.495 e. The molecule has 0 heterocycles. The quantitative estimate of drug-likeness (QED) is 0.888. The van der Waals surface area contributed by atoms with Crippen molar-refractivity contribution in [3.8, 4) is 5.75 Å². The number of carbonyl (C=O) groups is 1. The molecule has 1 aromatic rings. The van der Waals surface area contributed by atoms with E-state index in [0.29, 0.717) is 18.6 Å². The van der Waals surface area contributed by atoms with Gasteiger partial charge in [0.05, 0.1) is 17.0 Å². The molecule has 1 aliphatic rings. The molecule has 0 bridgehead atoms. The van der Waals surface area contributed by atoms with E-state index >= 15 is 0 Å². The highest BCUT2D eigenvalue weighted by atomic mass is 79.9. The third-order valence-corrected chi connectivity index (χ3v) is 5.38. The second-order valence-corrected chi connectivity index (χ2v) is 6.47. The van der Waals surface area contributed by atoms with E-state index in [9.17, 15) is 9.90 Å². The number of hydrogen-bond donors (Lipinski definition) is 1. The summed E-state index contributed by atoms with van der Waals surface area (Å²) >= 11 is 3.55. The van der Waals surface area contributed by atoms with Crippen molar-refractivity contribution in [1.29, 1.82) is 0 Å². The first-order chi connectivity index (χ1) is 9.44. The molecule has 1 N–H and O–H groups in total. The summed E-state index contributed by atoms with van der Waals surface area (Å²) in [4.78, 5) is 12.0.